The lowest BCUT2D eigenvalue weighted by atomic mass is 9.97. The molecule has 3 aromatic rings. The summed E-state index contributed by atoms with van der Waals surface area (Å²) in [6, 6.07) is 11.1. The summed E-state index contributed by atoms with van der Waals surface area (Å²) < 4.78 is 0. The SMILES string of the molecule is CCC(C)c1cc(Cl)cc(-n2nc3ccccc3n2)c1O. The van der Waals surface area contributed by atoms with Gasteiger partial charge in [0, 0.05) is 10.6 Å². The molecule has 1 aromatic heterocycles. The van der Waals surface area contributed by atoms with Crippen LogP contribution in [0, 0.1) is 0 Å². The Bertz CT molecular complexity index is 764. The molecule has 0 aliphatic carbocycles. The Morgan fingerprint density at radius 1 is 1.19 bits per heavy atom. The van der Waals surface area contributed by atoms with Gasteiger partial charge in [-0.2, -0.15) is 0 Å². The fourth-order valence-corrected chi connectivity index (χ4v) is 2.54. The molecular weight excluding hydrogens is 286 g/mol. The maximum atomic E-state index is 10.5. The van der Waals surface area contributed by atoms with Crippen LogP contribution in [0.2, 0.25) is 5.02 Å². The fraction of sp³-hybridized carbons (Fsp3) is 0.250. The predicted octanol–water partition coefficient (Wildman–Crippen LogP) is 4.29. The molecule has 4 nitrogen and oxygen atoms in total. The third kappa shape index (κ3) is 2.47. The van der Waals surface area contributed by atoms with Crippen LogP contribution in [-0.4, -0.2) is 20.1 Å². The second kappa shape index (κ2) is 5.37. The van der Waals surface area contributed by atoms with Crippen molar-refractivity contribution < 1.29 is 5.11 Å². The van der Waals surface area contributed by atoms with Crippen molar-refractivity contribution in [1.29, 1.82) is 0 Å². The maximum absolute atomic E-state index is 10.5. The average molecular weight is 302 g/mol. The van der Waals surface area contributed by atoms with Crippen LogP contribution in [0.5, 0.6) is 5.75 Å². The van der Waals surface area contributed by atoms with Crippen molar-refractivity contribution in [3.63, 3.8) is 0 Å². The number of fused-ring (bicyclic) bond motifs is 1. The number of nitrogens with zero attached hydrogens (tertiary/aromatic N) is 3. The van der Waals surface area contributed by atoms with E-state index in [1.54, 1.807) is 12.1 Å². The normalized spacial score (nSPS) is 12.7. The molecule has 1 N–H and O–H groups in total. The van der Waals surface area contributed by atoms with Gasteiger partial charge in [-0.15, -0.1) is 15.0 Å². The van der Waals surface area contributed by atoms with Gasteiger partial charge in [0.1, 0.15) is 22.5 Å². The highest BCUT2D eigenvalue weighted by Gasteiger charge is 2.17. The average Bonchev–Trinajstić information content (AvgIpc) is 2.92. The Balaban J connectivity index is 2.19. The second-order valence-electron chi connectivity index (χ2n) is 5.15. The maximum Gasteiger partial charge on any atom is 0.146 e. The minimum atomic E-state index is 0.189. The molecule has 1 unspecified atom stereocenters. The van der Waals surface area contributed by atoms with E-state index in [9.17, 15) is 5.11 Å². The van der Waals surface area contributed by atoms with E-state index in [0.717, 1.165) is 23.0 Å². The highest BCUT2D eigenvalue weighted by atomic mass is 35.5. The molecule has 108 valence electrons. The van der Waals surface area contributed by atoms with E-state index < -0.39 is 0 Å². The fourth-order valence-electron chi connectivity index (χ4n) is 2.32. The zero-order valence-corrected chi connectivity index (χ0v) is 12.7. The van der Waals surface area contributed by atoms with Gasteiger partial charge in [-0.25, -0.2) is 0 Å². The van der Waals surface area contributed by atoms with E-state index in [1.165, 1.54) is 4.80 Å². The minimum Gasteiger partial charge on any atom is -0.505 e. The van der Waals surface area contributed by atoms with Gasteiger partial charge >= 0.3 is 0 Å². The molecule has 0 saturated heterocycles. The summed E-state index contributed by atoms with van der Waals surface area (Å²) in [5, 5.41) is 19.9. The van der Waals surface area contributed by atoms with E-state index >= 15 is 0 Å². The summed E-state index contributed by atoms with van der Waals surface area (Å²) in [4.78, 5) is 1.44. The Labute approximate surface area is 128 Å². The van der Waals surface area contributed by atoms with E-state index in [-0.39, 0.29) is 11.7 Å². The molecule has 0 aliphatic rings. The third-order valence-electron chi connectivity index (χ3n) is 3.73. The zero-order chi connectivity index (χ0) is 15.0. The Morgan fingerprint density at radius 2 is 1.81 bits per heavy atom. The van der Waals surface area contributed by atoms with Gasteiger partial charge in [-0.05, 0) is 36.6 Å². The number of phenolic OH excluding ortho intramolecular Hbond substituents is 1. The molecule has 1 atom stereocenters. The molecule has 1 heterocycles. The summed E-state index contributed by atoms with van der Waals surface area (Å²) in [6.07, 6.45) is 0.919. The van der Waals surface area contributed by atoms with Crippen molar-refractivity contribution in [2.45, 2.75) is 26.2 Å². The highest BCUT2D eigenvalue weighted by molar-refractivity contribution is 6.30. The van der Waals surface area contributed by atoms with E-state index in [1.807, 2.05) is 24.3 Å². The first-order valence-corrected chi connectivity index (χ1v) is 7.32. The first-order chi connectivity index (χ1) is 10.1. The molecular formula is C16H16ClN3O. The van der Waals surface area contributed by atoms with Crippen LogP contribution in [0.25, 0.3) is 16.7 Å². The van der Waals surface area contributed by atoms with E-state index in [2.05, 4.69) is 24.0 Å². The number of aromatic nitrogens is 3. The molecule has 0 spiro atoms. The number of benzene rings is 2. The lowest BCUT2D eigenvalue weighted by Gasteiger charge is -2.14. The molecule has 21 heavy (non-hydrogen) atoms. The van der Waals surface area contributed by atoms with Crippen LogP contribution in [-0.2, 0) is 0 Å². The quantitative estimate of drug-likeness (QED) is 0.785. The number of halogens is 1. The van der Waals surface area contributed by atoms with Crippen molar-refractivity contribution >= 4 is 22.6 Å². The number of hydrogen-bond acceptors (Lipinski definition) is 3. The molecule has 0 amide bonds. The summed E-state index contributed by atoms with van der Waals surface area (Å²) >= 11 is 6.19. The van der Waals surface area contributed by atoms with Crippen LogP contribution in [0.15, 0.2) is 36.4 Å². The summed E-state index contributed by atoms with van der Waals surface area (Å²) in [5.41, 5.74) is 2.89. The van der Waals surface area contributed by atoms with Crippen LogP contribution in [0.3, 0.4) is 0 Å². The van der Waals surface area contributed by atoms with Crippen molar-refractivity contribution in [1.82, 2.24) is 15.0 Å². The Kier molecular flexibility index (Phi) is 3.55. The largest absolute Gasteiger partial charge is 0.505 e. The third-order valence-corrected chi connectivity index (χ3v) is 3.95. The van der Waals surface area contributed by atoms with Crippen molar-refractivity contribution in [2.24, 2.45) is 0 Å². The van der Waals surface area contributed by atoms with Crippen LogP contribution in [0.4, 0.5) is 0 Å². The molecule has 0 fully saturated rings. The molecule has 3 rings (SSSR count). The number of aromatic hydroxyl groups is 1. The smallest absolute Gasteiger partial charge is 0.146 e. The lowest BCUT2D eigenvalue weighted by Crippen LogP contribution is -2.02. The van der Waals surface area contributed by atoms with E-state index in [4.69, 9.17) is 11.6 Å². The van der Waals surface area contributed by atoms with Gasteiger partial charge in [0.25, 0.3) is 0 Å². The summed E-state index contributed by atoms with van der Waals surface area (Å²) in [6.45, 7) is 4.13. The van der Waals surface area contributed by atoms with E-state index in [0.29, 0.717) is 10.7 Å². The van der Waals surface area contributed by atoms with Gasteiger partial charge in [-0.1, -0.05) is 37.6 Å². The first kappa shape index (κ1) is 13.9. The van der Waals surface area contributed by atoms with Crippen LogP contribution < -0.4 is 0 Å². The molecule has 2 aromatic carbocycles. The molecule has 0 radical (unpaired) electrons. The number of rotatable bonds is 3. The lowest BCUT2D eigenvalue weighted by molar-refractivity contribution is 0.455. The zero-order valence-electron chi connectivity index (χ0n) is 11.9. The summed E-state index contributed by atoms with van der Waals surface area (Å²) in [7, 11) is 0. The molecule has 0 saturated carbocycles. The van der Waals surface area contributed by atoms with Gasteiger partial charge in [-0.3, -0.25) is 0 Å². The standard InChI is InChI=1S/C16H16ClN3O/c1-3-10(2)12-8-11(17)9-15(16(12)21)20-18-13-6-4-5-7-14(13)19-20/h4-10,21H,3H2,1-2H3. The highest BCUT2D eigenvalue weighted by Crippen LogP contribution is 2.35. The monoisotopic (exact) mass is 301 g/mol. The number of hydrogen-bond donors (Lipinski definition) is 1. The topological polar surface area (TPSA) is 50.9 Å². The Morgan fingerprint density at radius 3 is 2.38 bits per heavy atom. The number of phenols is 1. The summed E-state index contributed by atoms with van der Waals surface area (Å²) in [5.74, 6) is 0.404. The molecule has 5 heteroatoms. The second-order valence-corrected chi connectivity index (χ2v) is 5.59. The molecule has 0 aliphatic heterocycles. The van der Waals surface area contributed by atoms with Crippen LogP contribution >= 0.6 is 11.6 Å². The molecule has 0 bridgehead atoms. The van der Waals surface area contributed by atoms with Gasteiger partial charge in [0.15, 0.2) is 0 Å². The minimum absolute atomic E-state index is 0.189. The predicted molar refractivity (Wildman–Crippen MR) is 84.2 cm³/mol. The first-order valence-electron chi connectivity index (χ1n) is 6.95. The van der Waals surface area contributed by atoms with Crippen molar-refractivity contribution in [2.75, 3.05) is 0 Å². The van der Waals surface area contributed by atoms with Crippen molar-refractivity contribution in [3.05, 3.63) is 47.0 Å². The van der Waals surface area contributed by atoms with Crippen molar-refractivity contribution in [3.8, 4) is 11.4 Å². The van der Waals surface area contributed by atoms with Gasteiger partial charge in [0.05, 0.1) is 0 Å². The van der Waals surface area contributed by atoms with Crippen LogP contribution in [0.1, 0.15) is 31.7 Å². The Hall–Kier alpha value is -2.07. The van der Waals surface area contributed by atoms with Gasteiger partial charge in [0.2, 0.25) is 0 Å². The van der Waals surface area contributed by atoms with Gasteiger partial charge < -0.3 is 5.11 Å².